The number of hydrogen-bond donors (Lipinski definition) is 0. The molecule has 10 rings (SSSR count). The van der Waals surface area contributed by atoms with Crippen molar-refractivity contribution >= 4 is 57.2 Å². The lowest BCUT2D eigenvalue weighted by Crippen LogP contribution is -2.62. The number of nitrogens with zero attached hydrogens (tertiary/aromatic N) is 2. The van der Waals surface area contributed by atoms with Gasteiger partial charge in [-0.25, -0.2) is 0 Å². The Balaban J connectivity index is 1.36. The molecule has 3 heteroatoms. The standard InChI is InChI=1S/C62H79BN2/c1-37-28-42-45(60(14,15)27-26-58(42,10)11)34-49(37)65-50-29-38(55(2,3)4)20-23-47(50)63-48-33-44-46(62(18,19)36-61(44,16)17)35-51(48)64(52-30-39(56(5,6)7)31-53(65)54(52)63)40-21-22-41-43(32-40)59(12,13)25-24-57(41,8)9/h20-23,28-35H,24-27,36H2,1-19H3. The van der Waals surface area contributed by atoms with Gasteiger partial charge in [-0.15, -0.1) is 0 Å². The Hall–Kier alpha value is -4.24. The maximum Gasteiger partial charge on any atom is 0.252 e. The van der Waals surface area contributed by atoms with E-state index in [-0.39, 0.29) is 50.0 Å². The summed E-state index contributed by atoms with van der Waals surface area (Å²) in [6.45, 7) is 46.6. The molecule has 5 aromatic rings. The van der Waals surface area contributed by atoms with Crippen molar-refractivity contribution in [2.75, 3.05) is 9.80 Å². The van der Waals surface area contributed by atoms with Gasteiger partial charge < -0.3 is 9.80 Å². The van der Waals surface area contributed by atoms with Crippen LogP contribution in [0, 0.1) is 6.92 Å². The Labute approximate surface area is 395 Å². The summed E-state index contributed by atoms with van der Waals surface area (Å²) in [4.78, 5) is 5.47. The largest absolute Gasteiger partial charge is 0.311 e. The second-order valence-corrected chi connectivity index (χ2v) is 27.7. The molecule has 0 spiro atoms. The lowest BCUT2D eigenvalue weighted by molar-refractivity contribution is 0.332. The van der Waals surface area contributed by atoms with Gasteiger partial charge in [0, 0.05) is 34.1 Å². The Kier molecular flexibility index (Phi) is 9.24. The first-order valence-corrected chi connectivity index (χ1v) is 25.3. The zero-order chi connectivity index (χ0) is 47.1. The van der Waals surface area contributed by atoms with Gasteiger partial charge in [-0.1, -0.05) is 155 Å². The van der Waals surface area contributed by atoms with E-state index in [1.165, 1.54) is 126 Å². The zero-order valence-electron chi connectivity index (χ0n) is 43.9. The van der Waals surface area contributed by atoms with E-state index in [1.807, 2.05) is 0 Å². The molecule has 2 heterocycles. The average molecular weight is 863 g/mol. The van der Waals surface area contributed by atoms with Crippen LogP contribution >= 0.6 is 0 Å². The van der Waals surface area contributed by atoms with Crippen LogP contribution in [0.2, 0.25) is 0 Å². The molecular weight excluding hydrogens is 784 g/mol. The minimum atomic E-state index is -0.0884. The smallest absolute Gasteiger partial charge is 0.252 e. The Morgan fingerprint density at radius 3 is 1.42 bits per heavy atom. The van der Waals surface area contributed by atoms with Crippen LogP contribution in [-0.4, -0.2) is 6.71 Å². The Bertz CT molecular complexity index is 2840. The third-order valence-corrected chi connectivity index (χ3v) is 17.8. The molecule has 3 aliphatic carbocycles. The molecule has 0 aromatic heterocycles. The predicted octanol–water partition coefficient (Wildman–Crippen LogP) is 15.3. The highest BCUT2D eigenvalue weighted by atomic mass is 15.2. The predicted molar refractivity (Wildman–Crippen MR) is 284 cm³/mol. The first-order chi connectivity index (χ1) is 29.8. The van der Waals surface area contributed by atoms with Crippen LogP contribution in [0.1, 0.15) is 207 Å². The molecule has 0 radical (unpaired) electrons. The summed E-state index contributed by atoms with van der Waals surface area (Å²) in [5, 5.41) is 0. The monoisotopic (exact) mass is 863 g/mol. The fourth-order valence-corrected chi connectivity index (χ4v) is 13.6. The van der Waals surface area contributed by atoms with Crippen LogP contribution in [0.15, 0.2) is 72.8 Å². The zero-order valence-corrected chi connectivity index (χ0v) is 43.9. The van der Waals surface area contributed by atoms with Gasteiger partial charge in [-0.2, -0.15) is 0 Å². The molecule has 5 aliphatic rings. The highest BCUT2D eigenvalue weighted by Crippen LogP contribution is 2.56. The highest BCUT2D eigenvalue weighted by Gasteiger charge is 2.50. The van der Waals surface area contributed by atoms with Gasteiger partial charge in [0.25, 0.3) is 6.71 Å². The van der Waals surface area contributed by atoms with E-state index in [0.717, 1.165) is 6.42 Å². The maximum absolute atomic E-state index is 2.74. The van der Waals surface area contributed by atoms with Crippen LogP contribution in [0.3, 0.4) is 0 Å². The number of anilines is 6. The lowest BCUT2D eigenvalue weighted by Gasteiger charge is -2.47. The van der Waals surface area contributed by atoms with Crippen LogP contribution < -0.4 is 26.2 Å². The molecular formula is C62H79BN2. The van der Waals surface area contributed by atoms with Crippen molar-refractivity contribution in [3.05, 3.63) is 123 Å². The molecule has 340 valence electrons. The van der Waals surface area contributed by atoms with Crippen molar-refractivity contribution < 1.29 is 0 Å². The molecule has 0 saturated carbocycles. The number of rotatable bonds is 2. The van der Waals surface area contributed by atoms with E-state index < -0.39 is 0 Å². The van der Waals surface area contributed by atoms with Crippen molar-refractivity contribution in [2.45, 2.75) is 207 Å². The van der Waals surface area contributed by atoms with Crippen LogP contribution in [0.25, 0.3) is 0 Å². The third-order valence-electron chi connectivity index (χ3n) is 17.8. The van der Waals surface area contributed by atoms with Crippen molar-refractivity contribution in [1.82, 2.24) is 0 Å². The summed E-state index contributed by atoms with van der Waals surface area (Å²) in [6.07, 6.45) is 5.94. The Morgan fingerprint density at radius 2 is 0.846 bits per heavy atom. The maximum atomic E-state index is 2.74. The number of hydrogen-bond acceptors (Lipinski definition) is 2. The molecule has 2 nitrogen and oxygen atoms in total. The van der Waals surface area contributed by atoms with Crippen LogP contribution in [0.4, 0.5) is 34.1 Å². The lowest BCUT2D eigenvalue weighted by atomic mass is 9.33. The van der Waals surface area contributed by atoms with Gasteiger partial charge in [0.15, 0.2) is 0 Å². The van der Waals surface area contributed by atoms with Gasteiger partial charge >= 0.3 is 0 Å². The van der Waals surface area contributed by atoms with Gasteiger partial charge in [-0.05, 0) is 191 Å². The number of aryl methyl sites for hydroxylation is 1. The molecule has 0 amide bonds. The fourth-order valence-electron chi connectivity index (χ4n) is 13.6. The third kappa shape index (κ3) is 6.60. The summed E-state index contributed by atoms with van der Waals surface area (Å²) < 4.78 is 0. The highest BCUT2D eigenvalue weighted by molar-refractivity contribution is 7.00. The minimum absolute atomic E-state index is 0.0111. The molecule has 0 unspecified atom stereocenters. The number of benzene rings is 5. The first kappa shape index (κ1) is 44.6. The SMILES string of the molecule is Cc1cc2c(cc1N1c3cc(C(C)(C)C)ccc3B3c4cc5c(cc4N(c4ccc6c(c4)C(C)(C)CCC6(C)C)c4cc(C(C)(C)C)cc1c43)C(C)(C)CC5(C)C)C(C)(C)CCC2(C)C. The second-order valence-electron chi connectivity index (χ2n) is 27.7. The van der Waals surface area contributed by atoms with Crippen molar-refractivity contribution in [1.29, 1.82) is 0 Å². The van der Waals surface area contributed by atoms with Crippen LogP contribution in [0.5, 0.6) is 0 Å². The van der Waals surface area contributed by atoms with Crippen LogP contribution in [-0.2, 0) is 43.3 Å². The van der Waals surface area contributed by atoms with Crippen molar-refractivity contribution in [3.63, 3.8) is 0 Å². The first-order valence-electron chi connectivity index (χ1n) is 25.3. The molecule has 65 heavy (non-hydrogen) atoms. The summed E-state index contributed by atoms with van der Waals surface area (Å²) in [6, 6.07) is 30.9. The van der Waals surface area contributed by atoms with E-state index in [9.17, 15) is 0 Å². The van der Waals surface area contributed by atoms with Gasteiger partial charge in [-0.3, -0.25) is 0 Å². The van der Waals surface area contributed by atoms with Crippen molar-refractivity contribution in [2.24, 2.45) is 0 Å². The summed E-state index contributed by atoms with van der Waals surface area (Å²) in [5.41, 5.74) is 25.9. The normalized spacial score (nSPS) is 21.2. The molecule has 0 N–H and O–H groups in total. The number of fused-ring (bicyclic) bond motifs is 7. The van der Waals surface area contributed by atoms with E-state index in [2.05, 4.69) is 214 Å². The quantitative estimate of drug-likeness (QED) is 0.160. The molecule has 0 bridgehead atoms. The minimum Gasteiger partial charge on any atom is -0.311 e. The molecule has 0 atom stereocenters. The molecule has 5 aromatic carbocycles. The van der Waals surface area contributed by atoms with E-state index >= 15 is 0 Å². The van der Waals surface area contributed by atoms with Crippen molar-refractivity contribution in [3.8, 4) is 0 Å². The fraction of sp³-hybridized carbons (Fsp3) is 0.516. The van der Waals surface area contributed by atoms with E-state index in [1.54, 1.807) is 0 Å². The average Bonchev–Trinajstić information content (AvgIpc) is 3.38. The topological polar surface area (TPSA) is 6.48 Å². The van der Waals surface area contributed by atoms with Gasteiger partial charge in [0.05, 0.1) is 0 Å². The molecule has 0 fully saturated rings. The van der Waals surface area contributed by atoms with Gasteiger partial charge in [0.2, 0.25) is 0 Å². The summed E-state index contributed by atoms with van der Waals surface area (Å²) in [7, 11) is 0. The van der Waals surface area contributed by atoms with E-state index in [0.29, 0.717) is 0 Å². The van der Waals surface area contributed by atoms with Gasteiger partial charge in [0.1, 0.15) is 0 Å². The Morgan fingerprint density at radius 1 is 0.400 bits per heavy atom. The molecule has 2 aliphatic heterocycles. The summed E-state index contributed by atoms with van der Waals surface area (Å²) >= 11 is 0. The molecule has 0 saturated heterocycles. The van der Waals surface area contributed by atoms with E-state index in [4.69, 9.17) is 0 Å². The second kappa shape index (κ2) is 13.5. The summed E-state index contributed by atoms with van der Waals surface area (Å²) in [5.74, 6) is 0.